The Bertz CT molecular complexity index is 445. The van der Waals surface area contributed by atoms with Gasteiger partial charge in [-0.3, -0.25) is 4.79 Å². The number of rotatable bonds is 4. The molecule has 1 aliphatic heterocycles. The first-order valence-corrected chi connectivity index (χ1v) is 6.29. The SMILES string of the molecule is CC(O/N=C/c1ccc(Cl)cc1)N1CCCC1=O. The van der Waals surface area contributed by atoms with Gasteiger partial charge in [0.1, 0.15) is 0 Å². The van der Waals surface area contributed by atoms with Gasteiger partial charge in [-0.2, -0.15) is 0 Å². The molecule has 5 heteroatoms. The largest absolute Gasteiger partial charge is 0.371 e. The van der Waals surface area contributed by atoms with Crippen LogP contribution in [-0.4, -0.2) is 29.8 Å². The van der Waals surface area contributed by atoms with E-state index >= 15 is 0 Å². The summed E-state index contributed by atoms with van der Waals surface area (Å²) in [5.74, 6) is 0.129. The number of benzene rings is 1. The van der Waals surface area contributed by atoms with E-state index in [1.165, 1.54) is 0 Å². The monoisotopic (exact) mass is 266 g/mol. The Balaban J connectivity index is 1.87. The van der Waals surface area contributed by atoms with Gasteiger partial charge in [0.2, 0.25) is 5.91 Å². The number of carbonyl (C=O) groups excluding carboxylic acids is 1. The number of amides is 1. The Morgan fingerprint density at radius 1 is 1.44 bits per heavy atom. The predicted molar refractivity (Wildman–Crippen MR) is 70.5 cm³/mol. The van der Waals surface area contributed by atoms with Gasteiger partial charge in [0.05, 0.1) is 6.21 Å². The molecule has 0 aliphatic carbocycles. The molecule has 0 N–H and O–H groups in total. The molecule has 1 heterocycles. The van der Waals surface area contributed by atoms with Crippen molar-refractivity contribution in [2.75, 3.05) is 6.54 Å². The summed E-state index contributed by atoms with van der Waals surface area (Å²) in [4.78, 5) is 18.4. The van der Waals surface area contributed by atoms with Crippen LogP contribution in [0, 0.1) is 0 Å². The van der Waals surface area contributed by atoms with E-state index in [0.29, 0.717) is 11.4 Å². The van der Waals surface area contributed by atoms with Gasteiger partial charge in [0, 0.05) is 18.0 Å². The lowest BCUT2D eigenvalue weighted by atomic mass is 10.2. The van der Waals surface area contributed by atoms with Gasteiger partial charge in [-0.05, 0) is 31.0 Å². The van der Waals surface area contributed by atoms with Gasteiger partial charge in [-0.15, -0.1) is 0 Å². The lowest BCUT2D eigenvalue weighted by Gasteiger charge is -2.21. The number of halogens is 1. The molecule has 1 aromatic carbocycles. The van der Waals surface area contributed by atoms with Crippen LogP contribution >= 0.6 is 11.6 Å². The number of likely N-dealkylation sites (tertiary alicyclic amines) is 1. The standard InChI is InChI=1S/C13H15ClN2O2/c1-10(16-8-2-3-13(16)17)18-15-9-11-4-6-12(14)7-5-11/h4-7,9-10H,2-3,8H2,1H3/b15-9+. The molecule has 0 saturated carbocycles. The maximum Gasteiger partial charge on any atom is 0.225 e. The average molecular weight is 267 g/mol. The molecule has 0 radical (unpaired) electrons. The van der Waals surface area contributed by atoms with Gasteiger partial charge in [-0.1, -0.05) is 28.9 Å². The molecule has 0 spiro atoms. The summed E-state index contributed by atoms with van der Waals surface area (Å²) in [6.45, 7) is 2.57. The minimum atomic E-state index is -0.316. The molecule has 1 aromatic rings. The van der Waals surface area contributed by atoms with E-state index in [9.17, 15) is 4.79 Å². The molecule has 0 aromatic heterocycles. The van der Waals surface area contributed by atoms with Crippen molar-refractivity contribution in [3.8, 4) is 0 Å². The molecule has 1 amide bonds. The third-order valence-corrected chi connectivity index (χ3v) is 3.09. The van der Waals surface area contributed by atoms with E-state index in [2.05, 4.69) is 5.16 Å². The second-order valence-corrected chi connectivity index (χ2v) is 4.62. The van der Waals surface area contributed by atoms with Crippen molar-refractivity contribution in [2.45, 2.75) is 26.0 Å². The zero-order valence-electron chi connectivity index (χ0n) is 10.2. The van der Waals surface area contributed by atoms with Crippen molar-refractivity contribution in [3.05, 3.63) is 34.9 Å². The molecule has 1 saturated heterocycles. The minimum absolute atomic E-state index is 0.129. The number of hydrogen-bond acceptors (Lipinski definition) is 3. The van der Waals surface area contributed by atoms with Gasteiger partial charge >= 0.3 is 0 Å². The van der Waals surface area contributed by atoms with Crippen LogP contribution in [-0.2, 0) is 9.63 Å². The third-order valence-electron chi connectivity index (χ3n) is 2.83. The Morgan fingerprint density at radius 3 is 2.78 bits per heavy atom. The highest BCUT2D eigenvalue weighted by Gasteiger charge is 2.25. The average Bonchev–Trinajstić information content (AvgIpc) is 2.78. The van der Waals surface area contributed by atoms with Crippen LogP contribution in [0.2, 0.25) is 5.02 Å². The molecular weight excluding hydrogens is 252 g/mol. The molecule has 18 heavy (non-hydrogen) atoms. The van der Waals surface area contributed by atoms with E-state index in [1.807, 2.05) is 19.1 Å². The molecule has 96 valence electrons. The number of carbonyl (C=O) groups is 1. The minimum Gasteiger partial charge on any atom is -0.371 e. The van der Waals surface area contributed by atoms with Gasteiger partial charge < -0.3 is 9.74 Å². The summed E-state index contributed by atoms with van der Waals surface area (Å²) in [6, 6.07) is 7.27. The van der Waals surface area contributed by atoms with Crippen LogP contribution in [0.4, 0.5) is 0 Å². The lowest BCUT2D eigenvalue weighted by molar-refractivity contribution is -0.139. The highest BCUT2D eigenvalue weighted by atomic mass is 35.5. The van der Waals surface area contributed by atoms with Crippen LogP contribution in [0.3, 0.4) is 0 Å². The summed E-state index contributed by atoms with van der Waals surface area (Å²) in [5.41, 5.74) is 0.902. The second kappa shape index (κ2) is 5.87. The first kappa shape index (κ1) is 12.9. The number of oxime groups is 1. The molecule has 1 atom stereocenters. The molecule has 0 bridgehead atoms. The van der Waals surface area contributed by atoms with Crippen molar-refractivity contribution in [1.29, 1.82) is 0 Å². The summed E-state index contributed by atoms with van der Waals surface area (Å²) in [7, 11) is 0. The van der Waals surface area contributed by atoms with Crippen LogP contribution in [0.1, 0.15) is 25.3 Å². The Hall–Kier alpha value is -1.55. The summed E-state index contributed by atoms with van der Waals surface area (Å²) in [5, 5.41) is 4.57. The molecular formula is C13H15ClN2O2. The maximum atomic E-state index is 11.5. The predicted octanol–water partition coefficient (Wildman–Crippen LogP) is 2.66. The summed E-state index contributed by atoms with van der Waals surface area (Å²) in [6.07, 6.45) is 2.79. The number of nitrogens with zero attached hydrogens (tertiary/aromatic N) is 2. The smallest absolute Gasteiger partial charge is 0.225 e. The lowest BCUT2D eigenvalue weighted by Crippen LogP contribution is -2.34. The van der Waals surface area contributed by atoms with Crippen LogP contribution in [0.15, 0.2) is 29.4 Å². The van der Waals surface area contributed by atoms with E-state index in [1.54, 1.807) is 23.2 Å². The normalized spacial score (nSPS) is 17.4. The first-order valence-electron chi connectivity index (χ1n) is 5.91. The first-order chi connectivity index (χ1) is 8.66. The Labute approximate surface area is 111 Å². The topological polar surface area (TPSA) is 41.9 Å². The highest BCUT2D eigenvalue weighted by Crippen LogP contribution is 2.14. The van der Waals surface area contributed by atoms with Crippen molar-refractivity contribution in [2.24, 2.45) is 5.16 Å². The van der Waals surface area contributed by atoms with Gasteiger partial charge in [0.15, 0.2) is 6.23 Å². The van der Waals surface area contributed by atoms with E-state index in [4.69, 9.17) is 16.4 Å². The maximum absolute atomic E-state index is 11.5. The highest BCUT2D eigenvalue weighted by molar-refractivity contribution is 6.30. The fraction of sp³-hybridized carbons (Fsp3) is 0.385. The molecule has 1 fully saturated rings. The Morgan fingerprint density at radius 2 is 2.17 bits per heavy atom. The summed E-state index contributed by atoms with van der Waals surface area (Å²) < 4.78 is 0. The fourth-order valence-corrected chi connectivity index (χ4v) is 1.96. The van der Waals surface area contributed by atoms with Crippen molar-refractivity contribution in [1.82, 2.24) is 4.90 Å². The quantitative estimate of drug-likeness (QED) is 0.621. The molecule has 1 aliphatic rings. The van der Waals surface area contributed by atoms with Gasteiger partial charge in [0.25, 0.3) is 0 Å². The van der Waals surface area contributed by atoms with Crippen LogP contribution < -0.4 is 0 Å². The van der Waals surface area contributed by atoms with E-state index in [0.717, 1.165) is 18.5 Å². The third kappa shape index (κ3) is 3.23. The van der Waals surface area contributed by atoms with Crippen molar-refractivity contribution in [3.63, 3.8) is 0 Å². The van der Waals surface area contributed by atoms with Crippen LogP contribution in [0.25, 0.3) is 0 Å². The molecule has 2 rings (SSSR count). The fourth-order valence-electron chi connectivity index (χ4n) is 1.84. The Kier molecular flexibility index (Phi) is 4.20. The van der Waals surface area contributed by atoms with Crippen molar-refractivity contribution >= 4 is 23.7 Å². The zero-order valence-corrected chi connectivity index (χ0v) is 10.9. The molecule has 1 unspecified atom stereocenters. The van der Waals surface area contributed by atoms with Crippen LogP contribution in [0.5, 0.6) is 0 Å². The second-order valence-electron chi connectivity index (χ2n) is 4.18. The summed E-state index contributed by atoms with van der Waals surface area (Å²) >= 11 is 5.78. The van der Waals surface area contributed by atoms with E-state index in [-0.39, 0.29) is 12.1 Å². The molecule has 4 nitrogen and oxygen atoms in total. The van der Waals surface area contributed by atoms with Crippen molar-refractivity contribution < 1.29 is 9.63 Å². The van der Waals surface area contributed by atoms with Gasteiger partial charge in [-0.25, -0.2) is 0 Å². The number of hydrogen-bond donors (Lipinski definition) is 0. The zero-order chi connectivity index (χ0) is 13.0. The van der Waals surface area contributed by atoms with E-state index < -0.39 is 0 Å².